The second-order valence-electron chi connectivity index (χ2n) is 2.63. The summed E-state index contributed by atoms with van der Waals surface area (Å²) in [4.78, 5) is 21.2. The quantitative estimate of drug-likeness (QED) is 0.696. The minimum Gasteiger partial charge on any atom is -0.478 e. The number of carboxylic acids is 1. The van der Waals surface area contributed by atoms with Crippen molar-refractivity contribution in [1.82, 2.24) is 0 Å². The van der Waals surface area contributed by atoms with Crippen LogP contribution in [0.4, 0.5) is 0 Å². The van der Waals surface area contributed by atoms with Crippen molar-refractivity contribution in [2.75, 3.05) is 0 Å². The van der Waals surface area contributed by atoms with Gasteiger partial charge in [0.05, 0.1) is 5.56 Å². The molecule has 1 aromatic carbocycles. The SMILES string of the molecule is NC(=O)/C=C\c1ccccc1C(=O)O. The third kappa shape index (κ3) is 2.45. The average Bonchev–Trinajstić information content (AvgIpc) is 2.15. The van der Waals surface area contributed by atoms with E-state index >= 15 is 0 Å². The number of carbonyl (C=O) groups excluding carboxylic acids is 1. The van der Waals surface area contributed by atoms with Gasteiger partial charge in [0.1, 0.15) is 0 Å². The summed E-state index contributed by atoms with van der Waals surface area (Å²) in [6.07, 6.45) is 2.51. The predicted octanol–water partition coefficient (Wildman–Crippen LogP) is 0.883. The maximum absolute atomic E-state index is 10.7. The van der Waals surface area contributed by atoms with Crippen LogP contribution in [0.1, 0.15) is 15.9 Å². The van der Waals surface area contributed by atoms with Gasteiger partial charge in [-0.05, 0) is 17.7 Å². The Labute approximate surface area is 80.7 Å². The van der Waals surface area contributed by atoms with Gasteiger partial charge in [0, 0.05) is 6.08 Å². The second kappa shape index (κ2) is 4.23. The van der Waals surface area contributed by atoms with Crippen molar-refractivity contribution >= 4 is 18.0 Å². The number of hydrogen-bond donors (Lipinski definition) is 2. The standard InChI is InChI=1S/C10H9NO3/c11-9(12)6-5-7-3-1-2-4-8(7)10(13)14/h1-6H,(H2,11,12)(H,13,14)/b6-5-. The Morgan fingerprint density at radius 1 is 1.29 bits per heavy atom. The molecule has 0 unspecified atom stereocenters. The van der Waals surface area contributed by atoms with Crippen LogP contribution in [-0.2, 0) is 4.79 Å². The number of rotatable bonds is 3. The molecule has 0 spiro atoms. The molecule has 1 rings (SSSR count). The van der Waals surface area contributed by atoms with Crippen LogP contribution in [0.5, 0.6) is 0 Å². The zero-order valence-corrected chi connectivity index (χ0v) is 7.31. The smallest absolute Gasteiger partial charge is 0.336 e. The van der Waals surface area contributed by atoms with Crippen molar-refractivity contribution in [1.29, 1.82) is 0 Å². The number of aromatic carboxylic acids is 1. The van der Waals surface area contributed by atoms with Gasteiger partial charge < -0.3 is 10.8 Å². The summed E-state index contributed by atoms with van der Waals surface area (Å²) in [5.41, 5.74) is 5.49. The Hall–Kier alpha value is -2.10. The molecule has 0 aliphatic rings. The molecule has 1 aromatic rings. The molecule has 4 nitrogen and oxygen atoms in total. The lowest BCUT2D eigenvalue weighted by Crippen LogP contribution is -2.05. The molecule has 72 valence electrons. The Balaban J connectivity index is 3.07. The topological polar surface area (TPSA) is 80.4 Å². The molecule has 0 aliphatic carbocycles. The minimum atomic E-state index is -1.03. The van der Waals surface area contributed by atoms with Crippen molar-refractivity contribution < 1.29 is 14.7 Å². The molecule has 0 radical (unpaired) electrons. The minimum absolute atomic E-state index is 0.144. The molecule has 0 heterocycles. The number of carboxylic acid groups (broad SMARTS) is 1. The summed E-state index contributed by atoms with van der Waals surface area (Å²) in [5, 5.41) is 8.78. The summed E-state index contributed by atoms with van der Waals surface area (Å²) in [6, 6.07) is 6.37. The van der Waals surface area contributed by atoms with Crippen molar-refractivity contribution in [3.8, 4) is 0 Å². The highest BCUT2D eigenvalue weighted by atomic mass is 16.4. The van der Waals surface area contributed by atoms with Crippen LogP contribution in [0, 0.1) is 0 Å². The first-order valence-electron chi connectivity index (χ1n) is 3.91. The van der Waals surface area contributed by atoms with Gasteiger partial charge in [-0.25, -0.2) is 4.79 Å². The summed E-state index contributed by atoms with van der Waals surface area (Å²) in [5.74, 6) is -1.64. The van der Waals surface area contributed by atoms with Crippen LogP contribution in [0.3, 0.4) is 0 Å². The van der Waals surface area contributed by atoms with Gasteiger partial charge in [-0.3, -0.25) is 4.79 Å². The van der Waals surface area contributed by atoms with Crippen molar-refractivity contribution in [2.24, 2.45) is 5.73 Å². The monoisotopic (exact) mass is 191 g/mol. The van der Waals surface area contributed by atoms with Gasteiger partial charge in [0.15, 0.2) is 0 Å². The number of hydrogen-bond acceptors (Lipinski definition) is 2. The normalized spacial score (nSPS) is 10.3. The van der Waals surface area contributed by atoms with E-state index in [1.165, 1.54) is 12.1 Å². The molecule has 0 aliphatic heterocycles. The van der Waals surface area contributed by atoms with E-state index in [1.807, 2.05) is 0 Å². The fraction of sp³-hybridized carbons (Fsp3) is 0. The number of carbonyl (C=O) groups is 2. The largest absolute Gasteiger partial charge is 0.478 e. The molecular formula is C10H9NO3. The Morgan fingerprint density at radius 3 is 2.50 bits per heavy atom. The molecule has 3 N–H and O–H groups in total. The highest BCUT2D eigenvalue weighted by molar-refractivity contribution is 5.95. The first-order chi connectivity index (χ1) is 6.61. The van der Waals surface area contributed by atoms with E-state index in [9.17, 15) is 9.59 Å². The first kappa shape index (κ1) is 9.98. The number of primary amides is 1. The van der Waals surface area contributed by atoms with Gasteiger partial charge in [0.25, 0.3) is 0 Å². The molecule has 0 fully saturated rings. The van der Waals surface area contributed by atoms with Crippen LogP contribution >= 0.6 is 0 Å². The van der Waals surface area contributed by atoms with E-state index in [-0.39, 0.29) is 5.56 Å². The summed E-state index contributed by atoms with van der Waals surface area (Å²) >= 11 is 0. The molecule has 1 amide bonds. The molecule has 0 saturated carbocycles. The Morgan fingerprint density at radius 2 is 1.93 bits per heavy atom. The zero-order chi connectivity index (χ0) is 10.6. The Kier molecular flexibility index (Phi) is 3.01. The first-order valence-corrected chi connectivity index (χ1v) is 3.91. The summed E-state index contributed by atoms with van der Waals surface area (Å²) < 4.78 is 0. The van der Waals surface area contributed by atoms with Crippen LogP contribution < -0.4 is 5.73 Å². The fourth-order valence-electron chi connectivity index (χ4n) is 1.01. The van der Waals surface area contributed by atoms with Crippen molar-refractivity contribution in [3.05, 3.63) is 41.5 Å². The van der Waals surface area contributed by atoms with E-state index in [0.29, 0.717) is 5.56 Å². The van der Waals surface area contributed by atoms with E-state index in [1.54, 1.807) is 18.2 Å². The predicted molar refractivity (Wildman–Crippen MR) is 51.6 cm³/mol. The molecule has 0 atom stereocenters. The lowest BCUT2D eigenvalue weighted by molar-refractivity contribution is -0.113. The number of amides is 1. The van der Waals surface area contributed by atoms with Crippen LogP contribution in [-0.4, -0.2) is 17.0 Å². The van der Waals surface area contributed by atoms with Crippen LogP contribution in [0.2, 0.25) is 0 Å². The van der Waals surface area contributed by atoms with E-state index < -0.39 is 11.9 Å². The third-order valence-corrected chi connectivity index (χ3v) is 1.62. The fourth-order valence-corrected chi connectivity index (χ4v) is 1.01. The molecule has 14 heavy (non-hydrogen) atoms. The molecule has 0 aromatic heterocycles. The molecule has 0 saturated heterocycles. The molecule has 0 bridgehead atoms. The molecule has 4 heteroatoms. The summed E-state index contributed by atoms with van der Waals surface area (Å²) in [7, 11) is 0. The Bertz CT molecular complexity index is 396. The van der Waals surface area contributed by atoms with Crippen molar-refractivity contribution in [2.45, 2.75) is 0 Å². The van der Waals surface area contributed by atoms with Gasteiger partial charge in [-0.15, -0.1) is 0 Å². The number of nitrogens with two attached hydrogens (primary N) is 1. The van der Waals surface area contributed by atoms with E-state index in [0.717, 1.165) is 6.08 Å². The summed E-state index contributed by atoms with van der Waals surface area (Å²) in [6.45, 7) is 0. The third-order valence-electron chi connectivity index (χ3n) is 1.62. The van der Waals surface area contributed by atoms with Crippen LogP contribution in [0.15, 0.2) is 30.3 Å². The van der Waals surface area contributed by atoms with E-state index in [4.69, 9.17) is 10.8 Å². The maximum Gasteiger partial charge on any atom is 0.336 e. The zero-order valence-electron chi connectivity index (χ0n) is 7.31. The van der Waals surface area contributed by atoms with Crippen LogP contribution in [0.25, 0.3) is 6.08 Å². The second-order valence-corrected chi connectivity index (χ2v) is 2.63. The highest BCUT2D eigenvalue weighted by Gasteiger charge is 2.05. The maximum atomic E-state index is 10.7. The van der Waals surface area contributed by atoms with Gasteiger partial charge in [-0.1, -0.05) is 18.2 Å². The average molecular weight is 191 g/mol. The number of benzene rings is 1. The lowest BCUT2D eigenvalue weighted by Gasteiger charge is -1.98. The lowest BCUT2D eigenvalue weighted by atomic mass is 10.1. The van der Waals surface area contributed by atoms with Crippen molar-refractivity contribution in [3.63, 3.8) is 0 Å². The molecular weight excluding hydrogens is 182 g/mol. The van der Waals surface area contributed by atoms with Gasteiger partial charge in [0.2, 0.25) is 5.91 Å². The highest BCUT2D eigenvalue weighted by Crippen LogP contribution is 2.10. The van der Waals surface area contributed by atoms with Gasteiger partial charge >= 0.3 is 5.97 Å². The van der Waals surface area contributed by atoms with Gasteiger partial charge in [-0.2, -0.15) is 0 Å². The van der Waals surface area contributed by atoms with E-state index in [2.05, 4.69) is 0 Å².